The molecule has 0 aliphatic carbocycles. The number of ketones is 1. The van der Waals surface area contributed by atoms with Gasteiger partial charge in [-0.3, -0.25) is 4.79 Å². The maximum Gasteiger partial charge on any atom is 1.00 e. The van der Waals surface area contributed by atoms with Crippen molar-refractivity contribution >= 4 is 17.8 Å². The number of rotatable bonds is 6. The SMILES string of the molecule is O=C(NCCC(=O)C(=O)[O-])OCc1ccccc1.[Na+]. The maximum absolute atomic E-state index is 11.2. The molecule has 0 aromatic heterocycles. The number of Topliss-reactive ketones (excluding diaryl/α,β-unsaturated/α-hetero) is 1. The van der Waals surface area contributed by atoms with Gasteiger partial charge in [-0.1, -0.05) is 30.3 Å². The number of carboxylic acids is 1. The molecule has 0 heterocycles. The number of benzene rings is 1. The molecule has 0 saturated heterocycles. The Morgan fingerprint density at radius 2 is 1.79 bits per heavy atom. The minimum absolute atomic E-state index is 0. The van der Waals surface area contributed by atoms with E-state index in [-0.39, 0.29) is 49.1 Å². The average molecular weight is 273 g/mol. The van der Waals surface area contributed by atoms with Gasteiger partial charge in [0.2, 0.25) is 0 Å². The molecule has 1 N–H and O–H groups in total. The summed E-state index contributed by atoms with van der Waals surface area (Å²) in [6.45, 7) is 0.0154. The third-order valence-electron chi connectivity index (χ3n) is 2.06. The minimum Gasteiger partial charge on any atom is -0.542 e. The fourth-order valence-corrected chi connectivity index (χ4v) is 1.15. The number of amides is 1. The van der Waals surface area contributed by atoms with Crippen molar-refractivity contribution in [2.24, 2.45) is 0 Å². The molecule has 6 nitrogen and oxygen atoms in total. The van der Waals surface area contributed by atoms with Crippen LogP contribution in [0.4, 0.5) is 4.79 Å². The Morgan fingerprint density at radius 1 is 1.16 bits per heavy atom. The Kier molecular flexibility index (Phi) is 8.86. The van der Waals surface area contributed by atoms with Crippen molar-refractivity contribution in [2.45, 2.75) is 13.0 Å². The molecule has 0 unspecified atom stereocenters. The molecule has 7 heteroatoms. The van der Waals surface area contributed by atoms with Crippen molar-refractivity contribution < 1.29 is 53.8 Å². The van der Waals surface area contributed by atoms with Gasteiger partial charge in [0.05, 0.1) is 0 Å². The number of alkyl carbamates (subject to hydrolysis) is 1. The Hall–Kier alpha value is -1.37. The van der Waals surface area contributed by atoms with E-state index in [0.717, 1.165) is 5.56 Å². The normalized spacial score (nSPS) is 9.05. The summed E-state index contributed by atoms with van der Waals surface area (Å²) in [6.07, 6.45) is -1.02. The molecule has 0 fully saturated rings. The fraction of sp³-hybridized carbons (Fsp3) is 0.250. The summed E-state index contributed by atoms with van der Waals surface area (Å²) in [6, 6.07) is 9.07. The van der Waals surface area contributed by atoms with Crippen molar-refractivity contribution in [1.29, 1.82) is 0 Å². The van der Waals surface area contributed by atoms with Crippen molar-refractivity contribution in [3.05, 3.63) is 35.9 Å². The standard InChI is InChI=1S/C12H13NO5.Na/c14-10(11(15)16)6-7-13-12(17)18-8-9-4-2-1-3-5-9;/h1-5H,6-8H2,(H,13,17)(H,15,16);/q;+1/p-1. The first-order chi connectivity index (χ1) is 8.59. The van der Waals surface area contributed by atoms with Crippen molar-refractivity contribution in [2.75, 3.05) is 6.54 Å². The van der Waals surface area contributed by atoms with Gasteiger partial charge in [-0.05, 0) is 5.56 Å². The van der Waals surface area contributed by atoms with Gasteiger partial charge in [0, 0.05) is 13.0 Å². The summed E-state index contributed by atoms with van der Waals surface area (Å²) in [5.74, 6) is -2.81. The summed E-state index contributed by atoms with van der Waals surface area (Å²) in [7, 11) is 0. The van der Waals surface area contributed by atoms with E-state index in [9.17, 15) is 19.5 Å². The monoisotopic (exact) mass is 273 g/mol. The number of carboxylic acid groups (broad SMARTS) is 1. The molecular weight excluding hydrogens is 261 g/mol. The van der Waals surface area contributed by atoms with E-state index in [1.807, 2.05) is 18.2 Å². The Bertz CT molecular complexity index is 435. The predicted molar refractivity (Wildman–Crippen MR) is 59.3 cm³/mol. The molecule has 0 saturated carbocycles. The third kappa shape index (κ3) is 7.61. The van der Waals surface area contributed by atoms with E-state index in [0.29, 0.717) is 0 Å². The van der Waals surface area contributed by atoms with E-state index < -0.39 is 17.8 Å². The van der Waals surface area contributed by atoms with Crippen LogP contribution < -0.4 is 40.0 Å². The Balaban J connectivity index is 0.00000324. The Morgan fingerprint density at radius 3 is 2.37 bits per heavy atom. The summed E-state index contributed by atoms with van der Waals surface area (Å²) in [5, 5.41) is 12.3. The predicted octanol–water partition coefficient (Wildman–Crippen LogP) is -3.37. The third-order valence-corrected chi connectivity index (χ3v) is 2.06. The van der Waals surface area contributed by atoms with Gasteiger partial charge in [-0.2, -0.15) is 0 Å². The van der Waals surface area contributed by atoms with E-state index in [1.165, 1.54) is 0 Å². The number of carbonyl (C=O) groups is 3. The van der Waals surface area contributed by atoms with Crippen LogP contribution in [-0.2, 0) is 20.9 Å². The van der Waals surface area contributed by atoms with Crippen molar-refractivity contribution in [3.8, 4) is 0 Å². The summed E-state index contributed by atoms with van der Waals surface area (Å²) >= 11 is 0. The first-order valence-corrected chi connectivity index (χ1v) is 5.28. The molecular formula is C12H12NNaO5. The number of hydrogen-bond donors (Lipinski definition) is 1. The van der Waals surface area contributed by atoms with Crippen LogP contribution in [0.1, 0.15) is 12.0 Å². The van der Waals surface area contributed by atoms with E-state index in [4.69, 9.17) is 4.74 Å². The quantitative estimate of drug-likeness (QED) is 0.431. The van der Waals surface area contributed by atoms with Crippen LogP contribution in [0, 0.1) is 0 Å². The van der Waals surface area contributed by atoms with Crippen LogP contribution >= 0.6 is 0 Å². The molecule has 96 valence electrons. The largest absolute Gasteiger partial charge is 1.00 e. The molecule has 0 aliphatic rings. The summed E-state index contributed by atoms with van der Waals surface area (Å²) in [5.41, 5.74) is 0.832. The molecule has 1 aromatic rings. The topological polar surface area (TPSA) is 95.5 Å². The van der Waals surface area contributed by atoms with Gasteiger partial charge < -0.3 is 20.0 Å². The second-order valence-corrected chi connectivity index (χ2v) is 3.45. The van der Waals surface area contributed by atoms with Gasteiger partial charge in [-0.15, -0.1) is 0 Å². The van der Waals surface area contributed by atoms with Gasteiger partial charge in [0.1, 0.15) is 12.6 Å². The molecule has 19 heavy (non-hydrogen) atoms. The Labute approximate surface area is 132 Å². The molecule has 0 bridgehead atoms. The van der Waals surface area contributed by atoms with E-state index in [2.05, 4.69) is 5.32 Å². The van der Waals surface area contributed by atoms with Crippen LogP contribution in [0.3, 0.4) is 0 Å². The fourth-order valence-electron chi connectivity index (χ4n) is 1.15. The zero-order valence-corrected chi connectivity index (χ0v) is 12.5. The van der Waals surface area contributed by atoms with Crippen molar-refractivity contribution in [1.82, 2.24) is 5.32 Å². The molecule has 0 aliphatic heterocycles. The number of nitrogens with one attached hydrogen (secondary N) is 1. The molecule has 1 rings (SSSR count). The zero-order valence-electron chi connectivity index (χ0n) is 10.5. The van der Waals surface area contributed by atoms with E-state index >= 15 is 0 Å². The summed E-state index contributed by atoms with van der Waals surface area (Å²) < 4.78 is 4.85. The molecule has 1 aromatic carbocycles. The first kappa shape index (κ1) is 17.6. The van der Waals surface area contributed by atoms with Crippen LogP contribution in [-0.4, -0.2) is 24.4 Å². The summed E-state index contributed by atoms with van der Waals surface area (Å²) in [4.78, 5) is 31.9. The second-order valence-electron chi connectivity index (χ2n) is 3.45. The number of aliphatic carboxylic acids is 1. The van der Waals surface area contributed by atoms with Crippen LogP contribution in [0.2, 0.25) is 0 Å². The smallest absolute Gasteiger partial charge is 0.542 e. The van der Waals surface area contributed by atoms with Gasteiger partial charge >= 0.3 is 35.7 Å². The van der Waals surface area contributed by atoms with Crippen LogP contribution in [0.25, 0.3) is 0 Å². The molecule has 0 spiro atoms. The number of ether oxygens (including phenoxy) is 1. The molecule has 1 amide bonds. The van der Waals surface area contributed by atoms with Crippen molar-refractivity contribution in [3.63, 3.8) is 0 Å². The van der Waals surface area contributed by atoms with Gasteiger partial charge in [0.15, 0.2) is 5.78 Å². The molecule has 0 radical (unpaired) electrons. The van der Waals surface area contributed by atoms with Crippen LogP contribution in [0.5, 0.6) is 0 Å². The minimum atomic E-state index is -1.76. The second kappa shape index (κ2) is 9.55. The number of carbonyl (C=O) groups excluding carboxylic acids is 3. The number of hydrogen-bond acceptors (Lipinski definition) is 5. The zero-order chi connectivity index (χ0) is 13.4. The molecule has 0 atom stereocenters. The van der Waals surface area contributed by atoms with Crippen LogP contribution in [0.15, 0.2) is 30.3 Å². The van der Waals surface area contributed by atoms with Gasteiger partial charge in [0.25, 0.3) is 0 Å². The first-order valence-electron chi connectivity index (χ1n) is 5.28. The maximum atomic E-state index is 11.2. The average Bonchev–Trinajstić information content (AvgIpc) is 2.37. The van der Waals surface area contributed by atoms with Gasteiger partial charge in [-0.25, -0.2) is 4.79 Å². The van der Waals surface area contributed by atoms with E-state index in [1.54, 1.807) is 12.1 Å².